The molecule has 0 bridgehead atoms. The van der Waals surface area contributed by atoms with Crippen molar-refractivity contribution in [3.63, 3.8) is 0 Å². The van der Waals surface area contributed by atoms with E-state index >= 15 is 0 Å². The SMILES string of the molecule is O=C(O)C1CCC2OC2C1.O=C1C=C(N2CC2)C(=O)C(N2CC2)=C1N1CC1. The van der Waals surface area contributed by atoms with Crippen molar-refractivity contribution in [2.45, 2.75) is 31.5 Å². The highest BCUT2D eigenvalue weighted by atomic mass is 16.6. The van der Waals surface area contributed by atoms with Gasteiger partial charge in [0.2, 0.25) is 11.6 Å². The van der Waals surface area contributed by atoms with Gasteiger partial charge >= 0.3 is 5.97 Å². The third kappa shape index (κ3) is 3.34. The summed E-state index contributed by atoms with van der Waals surface area (Å²) >= 11 is 0. The highest BCUT2D eigenvalue weighted by Gasteiger charge is 2.46. The summed E-state index contributed by atoms with van der Waals surface area (Å²) in [4.78, 5) is 40.9. The zero-order chi connectivity index (χ0) is 18.7. The van der Waals surface area contributed by atoms with E-state index in [-0.39, 0.29) is 23.6 Å². The second kappa shape index (κ2) is 6.09. The van der Waals surface area contributed by atoms with Crippen LogP contribution < -0.4 is 0 Å². The first-order chi connectivity index (χ1) is 13.0. The van der Waals surface area contributed by atoms with E-state index in [0.29, 0.717) is 23.2 Å². The van der Waals surface area contributed by atoms with E-state index in [9.17, 15) is 14.4 Å². The van der Waals surface area contributed by atoms with Crippen molar-refractivity contribution >= 4 is 17.5 Å². The van der Waals surface area contributed by atoms with Gasteiger partial charge in [-0.1, -0.05) is 0 Å². The molecule has 0 amide bonds. The second-order valence-electron chi connectivity index (χ2n) is 7.94. The lowest BCUT2D eigenvalue weighted by Crippen LogP contribution is -2.29. The maximum absolute atomic E-state index is 12.4. The molecule has 8 nitrogen and oxygen atoms in total. The minimum atomic E-state index is -0.658. The number of carbonyl (C=O) groups is 3. The number of fused-ring (bicyclic) bond motifs is 1. The molecule has 4 aliphatic heterocycles. The maximum Gasteiger partial charge on any atom is 0.306 e. The average Bonchev–Trinajstić information content (AvgIpc) is 3.48. The van der Waals surface area contributed by atoms with Gasteiger partial charge in [-0.3, -0.25) is 14.4 Å². The van der Waals surface area contributed by atoms with Crippen LogP contribution in [0.15, 0.2) is 23.2 Å². The van der Waals surface area contributed by atoms with Crippen LogP contribution >= 0.6 is 0 Å². The molecule has 1 N–H and O–H groups in total. The molecule has 6 aliphatic rings. The Morgan fingerprint density at radius 2 is 1.56 bits per heavy atom. The molecule has 0 radical (unpaired) electrons. The molecule has 0 spiro atoms. The summed E-state index contributed by atoms with van der Waals surface area (Å²) in [5.74, 6) is -0.745. The number of epoxide rings is 1. The molecule has 4 heterocycles. The van der Waals surface area contributed by atoms with Crippen LogP contribution in [-0.2, 0) is 19.1 Å². The van der Waals surface area contributed by atoms with Gasteiger partial charge in [0.25, 0.3) is 0 Å². The lowest BCUT2D eigenvalue weighted by molar-refractivity contribution is -0.142. The summed E-state index contributed by atoms with van der Waals surface area (Å²) in [5, 5.41) is 8.62. The van der Waals surface area contributed by atoms with Crippen LogP contribution in [0, 0.1) is 5.92 Å². The fourth-order valence-corrected chi connectivity index (χ4v) is 3.90. The van der Waals surface area contributed by atoms with Gasteiger partial charge in [-0.2, -0.15) is 0 Å². The molecule has 0 aromatic heterocycles. The molecule has 1 saturated carbocycles. The molecule has 4 saturated heterocycles. The van der Waals surface area contributed by atoms with Crippen molar-refractivity contribution < 1.29 is 24.2 Å². The Balaban J connectivity index is 0.000000137. The number of aliphatic carboxylic acids is 1. The lowest BCUT2D eigenvalue weighted by atomic mass is 9.90. The molecule has 27 heavy (non-hydrogen) atoms. The summed E-state index contributed by atoms with van der Waals surface area (Å²) < 4.78 is 5.19. The highest BCUT2D eigenvalue weighted by molar-refractivity contribution is 6.22. The van der Waals surface area contributed by atoms with Gasteiger partial charge in [0.05, 0.1) is 23.8 Å². The first-order valence-electron chi connectivity index (χ1n) is 9.71. The number of hydrogen-bond donors (Lipinski definition) is 1. The Bertz CT molecular complexity index is 776. The third-order valence-corrected chi connectivity index (χ3v) is 5.84. The van der Waals surface area contributed by atoms with Crippen LogP contribution in [0.25, 0.3) is 0 Å². The van der Waals surface area contributed by atoms with Crippen molar-refractivity contribution in [3.05, 3.63) is 23.2 Å². The van der Waals surface area contributed by atoms with Gasteiger partial charge in [-0.15, -0.1) is 0 Å². The molecule has 3 unspecified atom stereocenters. The zero-order valence-corrected chi connectivity index (χ0v) is 15.1. The smallest absolute Gasteiger partial charge is 0.306 e. The Hall–Kier alpha value is -2.35. The molecule has 2 aliphatic carbocycles. The number of ether oxygens (including phenoxy) is 1. The number of carboxylic acid groups (broad SMARTS) is 1. The standard InChI is InChI=1S/C12H13N3O2.C7H10O3/c16-9-7-8(13-1-2-13)12(17)11(15-5-6-15)10(9)14-3-4-14;8-7(9)4-1-2-5-6(3-4)10-5/h7H,1-6H2;4-6H,1-3H2,(H,8,9). The normalized spacial score (nSPS) is 33.1. The van der Waals surface area contributed by atoms with Crippen molar-refractivity contribution in [1.29, 1.82) is 0 Å². The predicted octanol–water partition coefficient (Wildman–Crippen LogP) is -0.181. The van der Waals surface area contributed by atoms with Crippen molar-refractivity contribution in [1.82, 2.24) is 14.7 Å². The number of carbonyl (C=O) groups excluding carboxylic acids is 2. The van der Waals surface area contributed by atoms with Crippen molar-refractivity contribution in [3.8, 4) is 0 Å². The van der Waals surface area contributed by atoms with Crippen LogP contribution in [0.5, 0.6) is 0 Å². The Morgan fingerprint density at radius 1 is 0.926 bits per heavy atom. The fraction of sp³-hybridized carbons (Fsp3) is 0.632. The number of allylic oxidation sites excluding steroid dienone is 1. The van der Waals surface area contributed by atoms with E-state index in [4.69, 9.17) is 9.84 Å². The summed E-state index contributed by atoms with van der Waals surface area (Å²) in [5.41, 5.74) is 1.89. The fourth-order valence-electron chi connectivity index (χ4n) is 3.90. The number of hydrogen-bond acceptors (Lipinski definition) is 7. The Kier molecular flexibility index (Phi) is 3.79. The van der Waals surface area contributed by atoms with Gasteiger partial charge in [-0.25, -0.2) is 0 Å². The first-order valence-corrected chi connectivity index (χ1v) is 9.71. The molecule has 3 atom stereocenters. The van der Waals surface area contributed by atoms with Crippen molar-refractivity contribution in [2.24, 2.45) is 5.92 Å². The topological polar surface area (TPSA) is 93.0 Å². The van der Waals surface area contributed by atoms with E-state index in [1.54, 1.807) is 0 Å². The summed E-state index contributed by atoms with van der Waals surface area (Å²) in [6.07, 6.45) is 4.71. The van der Waals surface area contributed by atoms with Crippen LogP contribution in [0.2, 0.25) is 0 Å². The monoisotopic (exact) mass is 373 g/mol. The minimum absolute atomic E-state index is 0.00546. The van der Waals surface area contributed by atoms with Gasteiger partial charge in [0.15, 0.2) is 0 Å². The van der Waals surface area contributed by atoms with Crippen molar-refractivity contribution in [2.75, 3.05) is 39.3 Å². The third-order valence-electron chi connectivity index (χ3n) is 5.84. The summed E-state index contributed by atoms with van der Waals surface area (Å²) in [6.45, 7) is 5.41. The number of Topliss-reactive ketones (excluding diaryl/α,β-unsaturated/α-hetero) is 1. The molecule has 6 rings (SSSR count). The molecule has 0 aromatic rings. The van der Waals surface area contributed by atoms with E-state index in [2.05, 4.69) is 0 Å². The van der Waals surface area contributed by atoms with Gasteiger partial charge in [0.1, 0.15) is 11.4 Å². The molecule has 144 valence electrons. The maximum atomic E-state index is 12.4. The van der Waals surface area contributed by atoms with E-state index in [1.807, 2.05) is 14.7 Å². The van der Waals surface area contributed by atoms with E-state index in [0.717, 1.165) is 58.5 Å². The molecular formula is C19H23N3O5. The first kappa shape index (κ1) is 16.8. The number of nitrogens with zero attached hydrogens (tertiary/aromatic N) is 3. The average molecular weight is 373 g/mol. The largest absolute Gasteiger partial charge is 0.481 e. The summed E-state index contributed by atoms with van der Waals surface area (Å²) in [6, 6.07) is 0. The van der Waals surface area contributed by atoms with Crippen LogP contribution in [0.1, 0.15) is 19.3 Å². The van der Waals surface area contributed by atoms with Crippen LogP contribution in [0.4, 0.5) is 0 Å². The molecule has 8 heteroatoms. The quantitative estimate of drug-likeness (QED) is 0.536. The minimum Gasteiger partial charge on any atom is -0.481 e. The van der Waals surface area contributed by atoms with E-state index < -0.39 is 5.97 Å². The second-order valence-corrected chi connectivity index (χ2v) is 7.94. The lowest BCUT2D eigenvalue weighted by Gasteiger charge is -2.21. The predicted molar refractivity (Wildman–Crippen MR) is 93.5 cm³/mol. The van der Waals surface area contributed by atoms with Gasteiger partial charge in [0, 0.05) is 45.3 Å². The van der Waals surface area contributed by atoms with E-state index in [1.165, 1.54) is 6.08 Å². The molecule has 0 aromatic carbocycles. The number of carboxylic acids is 1. The van der Waals surface area contributed by atoms with Gasteiger partial charge < -0.3 is 24.5 Å². The molecule has 5 fully saturated rings. The molecular weight excluding hydrogens is 350 g/mol. The van der Waals surface area contributed by atoms with Crippen LogP contribution in [-0.4, -0.2) is 88.8 Å². The zero-order valence-electron chi connectivity index (χ0n) is 15.1. The Morgan fingerprint density at radius 3 is 2.11 bits per heavy atom. The van der Waals surface area contributed by atoms with Gasteiger partial charge in [-0.05, 0) is 19.3 Å². The summed E-state index contributed by atoms with van der Waals surface area (Å²) in [7, 11) is 0. The number of rotatable bonds is 4. The number of ketones is 2. The van der Waals surface area contributed by atoms with Crippen LogP contribution in [0.3, 0.4) is 0 Å². The highest BCUT2D eigenvalue weighted by Crippen LogP contribution is 2.39. The Labute approximate surface area is 157 Å².